The van der Waals surface area contributed by atoms with Gasteiger partial charge < -0.3 is 0 Å². The molecule has 1 heteroatoms. The molecule has 0 aliphatic carbocycles. The van der Waals surface area contributed by atoms with Crippen LogP contribution in [0.5, 0.6) is 0 Å². The Hall–Kier alpha value is -0.430. The highest BCUT2D eigenvalue weighted by Crippen LogP contribution is 2.13. The first-order valence-corrected chi connectivity index (χ1v) is 9.59. The molecule has 0 aromatic carbocycles. The van der Waals surface area contributed by atoms with Crippen molar-refractivity contribution in [3.05, 3.63) is 34.9 Å². The van der Waals surface area contributed by atoms with E-state index in [-0.39, 0.29) is 0 Å². The van der Waals surface area contributed by atoms with Crippen LogP contribution in [0.2, 0.25) is 0 Å². The van der Waals surface area contributed by atoms with E-state index in [9.17, 15) is 0 Å². The van der Waals surface area contributed by atoms with E-state index in [1.165, 1.54) is 54.8 Å². The van der Waals surface area contributed by atoms with Gasteiger partial charge in [0, 0.05) is 5.75 Å². The fraction of sp³-hybridized carbons (Fsp3) is 0.700. The van der Waals surface area contributed by atoms with Crippen LogP contribution in [0, 0.1) is 5.92 Å². The van der Waals surface area contributed by atoms with Crippen molar-refractivity contribution in [3.8, 4) is 0 Å². The van der Waals surface area contributed by atoms with Crippen molar-refractivity contribution in [1.82, 2.24) is 0 Å². The van der Waals surface area contributed by atoms with E-state index in [4.69, 9.17) is 0 Å². The topological polar surface area (TPSA) is 0 Å². The third-order valence-electron chi connectivity index (χ3n) is 3.51. The van der Waals surface area contributed by atoms with Gasteiger partial charge in [0.15, 0.2) is 0 Å². The molecule has 0 aliphatic rings. The first-order valence-electron chi connectivity index (χ1n) is 8.44. The number of hydrogen-bond acceptors (Lipinski definition) is 1. The molecule has 0 aromatic heterocycles. The van der Waals surface area contributed by atoms with Crippen LogP contribution >= 0.6 is 11.8 Å². The van der Waals surface area contributed by atoms with Gasteiger partial charge in [0.1, 0.15) is 0 Å². The average Bonchev–Trinajstić information content (AvgIpc) is 2.37. The van der Waals surface area contributed by atoms with Crippen molar-refractivity contribution in [1.29, 1.82) is 0 Å². The summed E-state index contributed by atoms with van der Waals surface area (Å²) in [7, 11) is 0. The number of rotatable bonds is 11. The molecule has 0 N–H and O–H groups in total. The van der Waals surface area contributed by atoms with Crippen LogP contribution in [-0.4, -0.2) is 11.5 Å². The second-order valence-corrected chi connectivity index (χ2v) is 7.87. The van der Waals surface area contributed by atoms with Crippen molar-refractivity contribution < 1.29 is 0 Å². The zero-order valence-electron chi connectivity index (χ0n) is 15.2. The van der Waals surface area contributed by atoms with Gasteiger partial charge in [-0.25, -0.2) is 0 Å². The van der Waals surface area contributed by atoms with Gasteiger partial charge in [-0.1, -0.05) is 48.8 Å². The normalized spacial score (nSPS) is 12.9. The van der Waals surface area contributed by atoms with E-state index >= 15 is 0 Å². The van der Waals surface area contributed by atoms with Gasteiger partial charge in [-0.05, 0) is 71.5 Å². The monoisotopic (exact) mass is 308 g/mol. The summed E-state index contributed by atoms with van der Waals surface area (Å²) in [5.41, 5.74) is 4.50. The zero-order chi connectivity index (χ0) is 16.1. The van der Waals surface area contributed by atoms with E-state index < -0.39 is 0 Å². The van der Waals surface area contributed by atoms with E-state index in [1.807, 2.05) is 0 Å². The molecule has 0 radical (unpaired) electrons. The predicted molar refractivity (Wildman–Crippen MR) is 102 cm³/mol. The Balaban J connectivity index is 3.75. The summed E-state index contributed by atoms with van der Waals surface area (Å²) in [6, 6.07) is 0. The SMILES string of the molecule is CC(C)=CCC/C(C)=C/CC/C(C)=C/CSCCC(C)C. The second-order valence-electron chi connectivity index (χ2n) is 6.72. The quantitative estimate of drug-likeness (QED) is 0.287. The number of allylic oxidation sites excluding steroid dienone is 5. The molecule has 0 unspecified atom stereocenters. The Morgan fingerprint density at radius 3 is 2.00 bits per heavy atom. The van der Waals surface area contributed by atoms with Gasteiger partial charge in [-0.3, -0.25) is 0 Å². The Kier molecular flexibility index (Phi) is 13.0. The average molecular weight is 309 g/mol. The van der Waals surface area contributed by atoms with Gasteiger partial charge in [0.25, 0.3) is 0 Å². The molecule has 0 bridgehead atoms. The van der Waals surface area contributed by atoms with Crippen molar-refractivity contribution in [3.63, 3.8) is 0 Å². The van der Waals surface area contributed by atoms with Crippen LogP contribution in [0.25, 0.3) is 0 Å². The summed E-state index contributed by atoms with van der Waals surface area (Å²) >= 11 is 2.07. The van der Waals surface area contributed by atoms with Crippen LogP contribution in [0.3, 0.4) is 0 Å². The van der Waals surface area contributed by atoms with Crippen molar-refractivity contribution >= 4 is 11.8 Å². The fourth-order valence-corrected chi connectivity index (χ4v) is 3.15. The standard InChI is InChI=1S/C20H36S/c1-17(2)9-7-10-19(5)11-8-12-20(6)14-16-21-15-13-18(3)4/h9,11,14,18H,7-8,10,12-13,15-16H2,1-6H3/b19-11+,20-14+. The minimum atomic E-state index is 0.835. The summed E-state index contributed by atoms with van der Waals surface area (Å²) < 4.78 is 0. The lowest BCUT2D eigenvalue weighted by Gasteiger charge is -2.03. The highest BCUT2D eigenvalue weighted by atomic mass is 32.2. The van der Waals surface area contributed by atoms with Crippen molar-refractivity contribution in [2.45, 2.75) is 73.6 Å². The molecular formula is C20H36S. The van der Waals surface area contributed by atoms with E-state index in [0.717, 1.165) is 5.92 Å². The lowest BCUT2D eigenvalue weighted by atomic mass is 10.1. The van der Waals surface area contributed by atoms with Crippen LogP contribution in [0.15, 0.2) is 34.9 Å². The molecule has 0 fully saturated rings. The molecule has 0 saturated heterocycles. The lowest BCUT2D eigenvalue weighted by molar-refractivity contribution is 0.632. The summed E-state index contributed by atoms with van der Waals surface area (Å²) in [4.78, 5) is 0. The Bertz CT molecular complexity index is 341. The van der Waals surface area contributed by atoms with Gasteiger partial charge in [-0.2, -0.15) is 11.8 Å². The van der Waals surface area contributed by atoms with Crippen LogP contribution < -0.4 is 0 Å². The van der Waals surface area contributed by atoms with E-state index in [1.54, 1.807) is 5.57 Å². The van der Waals surface area contributed by atoms with Crippen molar-refractivity contribution in [2.75, 3.05) is 11.5 Å². The highest BCUT2D eigenvalue weighted by Gasteiger charge is 1.94. The molecule has 0 aliphatic heterocycles. The molecule has 0 spiro atoms. The first-order chi connectivity index (χ1) is 9.91. The van der Waals surface area contributed by atoms with Gasteiger partial charge in [0.2, 0.25) is 0 Å². The number of hydrogen-bond donors (Lipinski definition) is 0. The Morgan fingerprint density at radius 1 is 0.857 bits per heavy atom. The minimum absolute atomic E-state index is 0.835. The maximum atomic E-state index is 2.42. The largest absolute Gasteiger partial charge is 0.158 e. The Morgan fingerprint density at radius 2 is 1.43 bits per heavy atom. The fourth-order valence-electron chi connectivity index (χ4n) is 1.94. The minimum Gasteiger partial charge on any atom is -0.158 e. The van der Waals surface area contributed by atoms with Crippen LogP contribution in [0.4, 0.5) is 0 Å². The summed E-state index contributed by atoms with van der Waals surface area (Å²) in [6.07, 6.45) is 13.3. The lowest BCUT2D eigenvalue weighted by Crippen LogP contribution is -1.90. The van der Waals surface area contributed by atoms with Crippen molar-refractivity contribution in [2.24, 2.45) is 5.92 Å². The highest BCUT2D eigenvalue weighted by molar-refractivity contribution is 7.99. The molecule has 0 heterocycles. The molecule has 0 aromatic rings. The van der Waals surface area contributed by atoms with E-state index in [0.29, 0.717) is 0 Å². The molecular weight excluding hydrogens is 272 g/mol. The Labute approximate surface area is 138 Å². The molecule has 0 nitrogen and oxygen atoms in total. The van der Waals surface area contributed by atoms with Gasteiger partial charge >= 0.3 is 0 Å². The predicted octanol–water partition coefficient (Wildman–Crippen LogP) is 7.18. The first kappa shape index (κ1) is 20.6. The maximum Gasteiger partial charge on any atom is 0.0115 e. The molecule has 0 rings (SSSR count). The van der Waals surface area contributed by atoms with E-state index in [2.05, 4.69) is 71.5 Å². The molecule has 122 valence electrons. The second kappa shape index (κ2) is 13.2. The zero-order valence-corrected chi connectivity index (χ0v) is 16.0. The van der Waals surface area contributed by atoms with Gasteiger partial charge in [-0.15, -0.1) is 0 Å². The summed E-state index contributed by atoms with van der Waals surface area (Å²) in [5.74, 6) is 3.31. The van der Waals surface area contributed by atoms with Gasteiger partial charge in [0.05, 0.1) is 0 Å². The smallest absolute Gasteiger partial charge is 0.0115 e. The van der Waals surface area contributed by atoms with Crippen LogP contribution in [-0.2, 0) is 0 Å². The number of thioether (sulfide) groups is 1. The maximum absolute atomic E-state index is 2.42. The third-order valence-corrected chi connectivity index (χ3v) is 4.44. The summed E-state index contributed by atoms with van der Waals surface area (Å²) in [6.45, 7) is 13.5. The third kappa shape index (κ3) is 15.8. The molecule has 0 saturated carbocycles. The van der Waals surface area contributed by atoms with Crippen LogP contribution in [0.1, 0.15) is 73.6 Å². The molecule has 0 amide bonds. The summed E-state index contributed by atoms with van der Waals surface area (Å²) in [5, 5.41) is 0. The molecule has 21 heavy (non-hydrogen) atoms. The molecule has 0 atom stereocenters.